The van der Waals surface area contributed by atoms with Crippen molar-refractivity contribution in [3.8, 4) is 11.6 Å². The van der Waals surface area contributed by atoms with Gasteiger partial charge in [-0.1, -0.05) is 6.07 Å². The highest BCUT2D eigenvalue weighted by atomic mass is 16.6. The van der Waals surface area contributed by atoms with Crippen molar-refractivity contribution in [2.75, 3.05) is 5.73 Å². The van der Waals surface area contributed by atoms with Gasteiger partial charge in [-0.3, -0.25) is 20.2 Å². The van der Waals surface area contributed by atoms with Crippen LogP contribution in [0.15, 0.2) is 30.3 Å². The van der Waals surface area contributed by atoms with Gasteiger partial charge in [0.25, 0.3) is 11.4 Å². The van der Waals surface area contributed by atoms with Crippen LogP contribution in [0.2, 0.25) is 0 Å². The van der Waals surface area contributed by atoms with Crippen LogP contribution < -0.4 is 10.5 Å². The number of pyridine rings is 1. The lowest BCUT2D eigenvalue weighted by atomic mass is 10.2. The molecule has 2 N–H and O–H groups in total. The van der Waals surface area contributed by atoms with E-state index in [1.54, 1.807) is 0 Å². The normalized spacial score (nSPS) is 10.1. The largest absolute Gasteiger partial charge is 0.438 e. The molecule has 0 saturated carbocycles. The molecule has 0 aliphatic heterocycles. The summed E-state index contributed by atoms with van der Waals surface area (Å²) in [7, 11) is 0. The Hall–Kier alpha value is -3.23. The fraction of sp³-hybridized carbons (Fsp3) is 0.0833. The molecule has 0 radical (unpaired) electrons. The second kappa shape index (κ2) is 5.41. The van der Waals surface area contributed by atoms with Crippen LogP contribution in [0.4, 0.5) is 17.2 Å². The molecule has 0 aliphatic rings. The molecule has 9 heteroatoms. The number of nitrogens with two attached hydrogens (primary N) is 1. The molecule has 2 aromatic rings. The van der Waals surface area contributed by atoms with Gasteiger partial charge in [0.15, 0.2) is 0 Å². The minimum Gasteiger partial charge on any atom is -0.438 e. The van der Waals surface area contributed by atoms with Crippen LogP contribution in [0.3, 0.4) is 0 Å². The first-order valence-corrected chi connectivity index (χ1v) is 5.72. The van der Waals surface area contributed by atoms with Crippen molar-refractivity contribution in [2.24, 2.45) is 0 Å². The van der Waals surface area contributed by atoms with Crippen molar-refractivity contribution < 1.29 is 14.6 Å². The highest BCUT2D eigenvalue weighted by Crippen LogP contribution is 2.31. The molecule has 0 saturated heterocycles. The molecule has 108 valence electrons. The molecule has 1 aromatic carbocycles. The first-order chi connectivity index (χ1) is 9.88. The van der Waals surface area contributed by atoms with Gasteiger partial charge in [-0.25, -0.2) is 0 Å². The summed E-state index contributed by atoms with van der Waals surface area (Å²) in [6.07, 6.45) is 0. The number of benzene rings is 1. The molecule has 0 bridgehead atoms. The van der Waals surface area contributed by atoms with Crippen LogP contribution in [0.25, 0.3) is 0 Å². The number of ether oxygens (including phenoxy) is 1. The molecule has 0 atom stereocenters. The Bertz CT molecular complexity index is 732. The van der Waals surface area contributed by atoms with E-state index in [4.69, 9.17) is 10.5 Å². The Morgan fingerprint density at radius 2 is 1.90 bits per heavy atom. The molecular weight excluding hydrogens is 280 g/mol. The van der Waals surface area contributed by atoms with Gasteiger partial charge in [-0.15, -0.1) is 0 Å². The summed E-state index contributed by atoms with van der Waals surface area (Å²) in [4.78, 5) is 24.2. The van der Waals surface area contributed by atoms with Gasteiger partial charge in [-0.2, -0.15) is 4.98 Å². The van der Waals surface area contributed by atoms with Crippen molar-refractivity contribution in [1.82, 2.24) is 4.98 Å². The fourth-order valence-electron chi connectivity index (χ4n) is 1.69. The van der Waals surface area contributed by atoms with Crippen LogP contribution in [-0.4, -0.2) is 14.8 Å². The van der Waals surface area contributed by atoms with Crippen LogP contribution in [0.1, 0.15) is 5.56 Å². The highest BCUT2D eigenvalue weighted by Gasteiger charge is 2.17. The average molecular weight is 290 g/mol. The number of aromatic nitrogens is 1. The van der Waals surface area contributed by atoms with Crippen molar-refractivity contribution in [2.45, 2.75) is 6.92 Å². The van der Waals surface area contributed by atoms with Crippen molar-refractivity contribution in [1.29, 1.82) is 0 Å². The Labute approximate surface area is 118 Å². The SMILES string of the molecule is Cc1c(Oc2cc([N+](=O)[O-])cc(N)n2)cccc1[N+](=O)[O-]. The maximum absolute atomic E-state index is 10.8. The Balaban J connectivity index is 2.41. The lowest BCUT2D eigenvalue weighted by Crippen LogP contribution is -1.99. The third kappa shape index (κ3) is 3.03. The molecule has 0 spiro atoms. The summed E-state index contributed by atoms with van der Waals surface area (Å²) in [5.41, 5.74) is 5.35. The minimum atomic E-state index is -0.634. The average Bonchev–Trinajstić information content (AvgIpc) is 2.40. The number of nitrogens with zero attached hydrogens (tertiary/aromatic N) is 3. The van der Waals surface area contributed by atoms with E-state index in [0.717, 1.165) is 12.1 Å². The Kier molecular flexibility index (Phi) is 3.65. The van der Waals surface area contributed by atoms with E-state index in [9.17, 15) is 20.2 Å². The number of hydrogen-bond donors (Lipinski definition) is 1. The predicted octanol–water partition coefficient (Wildman–Crippen LogP) is 2.58. The van der Waals surface area contributed by atoms with Gasteiger partial charge in [0.2, 0.25) is 5.88 Å². The number of hydrogen-bond acceptors (Lipinski definition) is 7. The number of nitro benzene ring substituents is 1. The zero-order valence-electron chi connectivity index (χ0n) is 10.8. The fourth-order valence-corrected chi connectivity index (χ4v) is 1.69. The summed E-state index contributed by atoms with van der Waals surface area (Å²) in [5, 5.41) is 21.6. The van der Waals surface area contributed by atoms with Gasteiger partial charge >= 0.3 is 0 Å². The van der Waals surface area contributed by atoms with Crippen LogP contribution in [-0.2, 0) is 0 Å². The van der Waals surface area contributed by atoms with Crippen molar-refractivity contribution >= 4 is 17.2 Å². The van der Waals surface area contributed by atoms with Crippen LogP contribution in [0, 0.1) is 27.2 Å². The molecule has 9 nitrogen and oxygen atoms in total. The standard InChI is InChI=1S/C12H10N4O5/c1-7-9(16(19)20)3-2-4-10(7)21-12-6-8(15(17)18)5-11(13)14-12/h2-6H,1H3,(H2,13,14). The zero-order valence-corrected chi connectivity index (χ0v) is 10.8. The van der Waals surface area contributed by atoms with Gasteiger partial charge < -0.3 is 10.5 Å². The molecule has 2 rings (SSSR count). The molecule has 1 aromatic heterocycles. The summed E-state index contributed by atoms with van der Waals surface area (Å²) < 4.78 is 5.37. The maximum atomic E-state index is 10.8. The second-order valence-corrected chi connectivity index (χ2v) is 4.11. The van der Waals surface area contributed by atoms with E-state index < -0.39 is 9.85 Å². The van der Waals surface area contributed by atoms with E-state index >= 15 is 0 Å². The first kappa shape index (κ1) is 14.2. The van der Waals surface area contributed by atoms with Gasteiger partial charge in [-0.05, 0) is 13.0 Å². The van der Waals surface area contributed by atoms with E-state index in [1.807, 2.05) is 0 Å². The van der Waals surface area contributed by atoms with Gasteiger partial charge in [0.1, 0.15) is 11.6 Å². The number of rotatable bonds is 4. The topological polar surface area (TPSA) is 134 Å². The molecule has 0 fully saturated rings. The number of nitro groups is 2. The van der Waals surface area contributed by atoms with E-state index in [1.165, 1.54) is 25.1 Å². The zero-order chi connectivity index (χ0) is 15.6. The highest BCUT2D eigenvalue weighted by molar-refractivity contribution is 5.51. The summed E-state index contributed by atoms with van der Waals surface area (Å²) >= 11 is 0. The molecule has 0 aliphatic carbocycles. The van der Waals surface area contributed by atoms with E-state index in [2.05, 4.69) is 4.98 Å². The summed E-state index contributed by atoms with van der Waals surface area (Å²) in [5.74, 6) is -0.0100. The lowest BCUT2D eigenvalue weighted by Gasteiger charge is -2.08. The summed E-state index contributed by atoms with van der Waals surface area (Å²) in [6, 6.07) is 6.46. The number of anilines is 1. The quantitative estimate of drug-likeness (QED) is 0.675. The van der Waals surface area contributed by atoms with Crippen LogP contribution >= 0.6 is 0 Å². The third-order valence-electron chi connectivity index (χ3n) is 2.68. The Morgan fingerprint density at radius 3 is 2.52 bits per heavy atom. The monoisotopic (exact) mass is 290 g/mol. The molecule has 1 heterocycles. The minimum absolute atomic E-state index is 0.0812. The molecular formula is C12H10N4O5. The van der Waals surface area contributed by atoms with Gasteiger partial charge in [0, 0.05) is 6.07 Å². The summed E-state index contributed by atoms with van der Waals surface area (Å²) in [6.45, 7) is 1.51. The Morgan fingerprint density at radius 1 is 1.19 bits per heavy atom. The molecule has 0 unspecified atom stereocenters. The lowest BCUT2D eigenvalue weighted by molar-refractivity contribution is -0.385. The van der Waals surface area contributed by atoms with E-state index in [0.29, 0.717) is 0 Å². The maximum Gasteiger partial charge on any atom is 0.278 e. The second-order valence-electron chi connectivity index (χ2n) is 4.11. The number of nitrogen functional groups attached to an aromatic ring is 1. The van der Waals surface area contributed by atoms with E-state index in [-0.39, 0.29) is 34.4 Å². The van der Waals surface area contributed by atoms with Gasteiger partial charge in [0.05, 0.1) is 27.5 Å². The van der Waals surface area contributed by atoms with Crippen LogP contribution in [0.5, 0.6) is 11.6 Å². The molecule has 0 amide bonds. The predicted molar refractivity (Wildman–Crippen MR) is 73.2 cm³/mol. The third-order valence-corrected chi connectivity index (χ3v) is 2.68. The molecule has 21 heavy (non-hydrogen) atoms. The first-order valence-electron chi connectivity index (χ1n) is 5.72. The van der Waals surface area contributed by atoms with Crippen molar-refractivity contribution in [3.05, 3.63) is 56.1 Å². The smallest absolute Gasteiger partial charge is 0.278 e. The van der Waals surface area contributed by atoms with Crippen molar-refractivity contribution in [3.63, 3.8) is 0 Å².